The quantitative estimate of drug-likeness (QED) is 0.640. The molecule has 0 radical (unpaired) electrons. The van der Waals surface area contributed by atoms with Crippen molar-refractivity contribution in [3.63, 3.8) is 0 Å². The molecule has 0 unspecified atom stereocenters. The van der Waals surface area contributed by atoms with Crippen molar-refractivity contribution in [2.24, 2.45) is 0 Å². The number of aliphatic hydroxyl groups is 1. The largest absolute Gasteiger partial charge is 0.493 e. The van der Waals surface area contributed by atoms with Gasteiger partial charge in [0.05, 0.1) is 38.6 Å². The molecule has 0 aliphatic carbocycles. The number of hydrogen-bond donors (Lipinski definition) is 2. The lowest BCUT2D eigenvalue weighted by Crippen LogP contribution is -2.20. The van der Waals surface area contributed by atoms with Crippen LogP contribution in [0.15, 0.2) is 12.1 Å². The first-order valence-electron chi connectivity index (χ1n) is 6.61. The van der Waals surface area contributed by atoms with Gasteiger partial charge in [-0.2, -0.15) is 0 Å². The summed E-state index contributed by atoms with van der Waals surface area (Å²) in [6.07, 6.45) is 0. The Labute approximate surface area is 136 Å². The van der Waals surface area contributed by atoms with Gasteiger partial charge in [0.25, 0.3) is 0 Å². The Balaban J connectivity index is 0.00000400. The highest BCUT2D eigenvalue weighted by molar-refractivity contribution is 6.32. The summed E-state index contributed by atoms with van der Waals surface area (Å²) >= 11 is 6.19. The van der Waals surface area contributed by atoms with Crippen LogP contribution < -0.4 is 14.8 Å². The van der Waals surface area contributed by atoms with Gasteiger partial charge in [0.2, 0.25) is 0 Å². The number of hydrogen-bond acceptors (Lipinski definition) is 5. The van der Waals surface area contributed by atoms with E-state index in [1.165, 1.54) is 0 Å². The van der Waals surface area contributed by atoms with Crippen molar-refractivity contribution < 1.29 is 19.3 Å². The molecule has 0 aliphatic rings. The van der Waals surface area contributed by atoms with Crippen molar-refractivity contribution >= 4 is 24.0 Å². The number of benzene rings is 1. The van der Waals surface area contributed by atoms with Crippen molar-refractivity contribution in [1.29, 1.82) is 0 Å². The van der Waals surface area contributed by atoms with E-state index in [1.54, 1.807) is 7.11 Å². The average Bonchev–Trinajstić information content (AvgIpc) is 2.45. The van der Waals surface area contributed by atoms with Crippen molar-refractivity contribution in [1.82, 2.24) is 5.32 Å². The molecule has 122 valence electrons. The zero-order chi connectivity index (χ0) is 14.8. The van der Waals surface area contributed by atoms with Gasteiger partial charge < -0.3 is 24.6 Å². The number of nitrogens with one attached hydrogen (secondary N) is 1. The van der Waals surface area contributed by atoms with Crippen LogP contribution in [-0.4, -0.2) is 45.2 Å². The zero-order valence-electron chi connectivity index (χ0n) is 12.4. The maximum atomic E-state index is 8.57. The van der Waals surface area contributed by atoms with Crippen LogP contribution in [0.3, 0.4) is 0 Å². The third kappa shape index (κ3) is 7.20. The average molecular weight is 340 g/mol. The molecule has 0 heterocycles. The molecule has 1 aromatic carbocycles. The summed E-state index contributed by atoms with van der Waals surface area (Å²) in [5, 5.41) is 12.3. The van der Waals surface area contributed by atoms with Gasteiger partial charge in [-0.1, -0.05) is 11.6 Å². The van der Waals surface area contributed by atoms with E-state index in [0.29, 0.717) is 49.4 Å². The minimum atomic E-state index is 0. The fourth-order valence-electron chi connectivity index (χ4n) is 1.70. The standard InChI is InChI=1S/C14H22ClNO4.ClH/c1-3-20-14-12(15)8-11(9-13(14)18-2)10-16-4-6-19-7-5-17;/h8-9,16-17H,3-7,10H2,1-2H3;1H. The van der Waals surface area contributed by atoms with E-state index in [-0.39, 0.29) is 19.0 Å². The maximum Gasteiger partial charge on any atom is 0.179 e. The molecule has 7 heteroatoms. The minimum Gasteiger partial charge on any atom is -0.493 e. The highest BCUT2D eigenvalue weighted by Gasteiger charge is 2.11. The van der Waals surface area contributed by atoms with Crippen molar-refractivity contribution in [2.45, 2.75) is 13.5 Å². The van der Waals surface area contributed by atoms with Gasteiger partial charge in [0.15, 0.2) is 11.5 Å². The predicted octanol–water partition coefficient (Wildman–Crippen LogP) is 2.27. The summed E-state index contributed by atoms with van der Waals surface area (Å²) in [5.74, 6) is 1.21. The smallest absolute Gasteiger partial charge is 0.179 e. The lowest BCUT2D eigenvalue weighted by atomic mass is 10.2. The molecule has 21 heavy (non-hydrogen) atoms. The summed E-state index contributed by atoms with van der Waals surface area (Å²) in [4.78, 5) is 0. The summed E-state index contributed by atoms with van der Waals surface area (Å²) in [5.41, 5.74) is 1.01. The first kappa shape index (κ1) is 20.3. The van der Waals surface area contributed by atoms with Crippen molar-refractivity contribution in [2.75, 3.05) is 40.1 Å². The molecule has 0 saturated heterocycles. The molecule has 1 rings (SSSR count). The van der Waals surface area contributed by atoms with Gasteiger partial charge in [0, 0.05) is 13.1 Å². The highest BCUT2D eigenvalue weighted by Crippen LogP contribution is 2.36. The summed E-state index contributed by atoms with van der Waals surface area (Å²) in [6.45, 7) is 4.77. The van der Waals surface area contributed by atoms with Crippen LogP contribution >= 0.6 is 24.0 Å². The number of rotatable bonds is 10. The predicted molar refractivity (Wildman–Crippen MR) is 86.0 cm³/mol. The van der Waals surface area contributed by atoms with Gasteiger partial charge in [-0.15, -0.1) is 12.4 Å². The first-order valence-corrected chi connectivity index (χ1v) is 6.99. The lowest BCUT2D eigenvalue weighted by molar-refractivity contribution is 0.0938. The van der Waals surface area contributed by atoms with Crippen LogP contribution in [0.5, 0.6) is 11.5 Å². The SMILES string of the molecule is CCOc1c(Cl)cc(CNCCOCCO)cc1OC.Cl. The van der Waals surface area contributed by atoms with Gasteiger partial charge in [-0.3, -0.25) is 0 Å². The second kappa shape index (κ2) is 11.9. The summed E-state index contributed by atoms with van der Waals surface area (Å²) < 4.78 is 15.9. The number of methoxy groups -OCH3 is 1. The zero-order valence-corrected chi connectivity index (χ0v) is 13.9. The van der Waals surface area contributed by atoms with Crippen LogP contribution in [0, 0.1) is 0 Å². The number of halogens is 2. The molecule has 0 amide bonds. The van der Waals surface area contributed by atoms with Crippen LogP contribution in [-0.2, 0) is 11.3 Å². The molecule has 0 fully saturated rings. The van der Waals surface area contributed by atoms with E-state index in [4.69, 9.17) is 30.9 Å². The summed E-state index contributed by atoms with van der Waals surface area (Å²) in [6, 6.07) is 3.76. The van der Waals surface area contributed by atoms with E-state index < -0.39 is 0 Å². The fraction of sp³-hybridized carbons (Fsp3) is 0.571. The normalized spacial score (nSPS) is 10.1. The van der Waals surface area contributed by atoms with Crippen molar-refractivity contribution in [3.8, 4) is 11.5 Å². The minimum absolute atomic E-state index is 0. The molecule has 2 N–H and O–H groups in total. The van der Waals surface area contributed by atoms with E-state index in [2.05, 4.69) is 5.32 Å². The van der Waals surface area contributed by atoms with Crippen LogP contribution in [0.25, 0.3) is 0 Å². The first-order chi connectivity index (χ1) is 9.72. The van der Waals surface area contributed by atoms with Gasteiger partial charge in [-0.05, 0) is 24.6 Å². The summed E-state index contributed by atoms with van der Waals surface area (Å²) in [7, 11) is 1.59. The molecule has 0 bridgehead atoms. The second-order valence-corrected chi connectivity index (χ2v) is 4.46. The van der Waals surface area contributed by atoms with E-state index >= 15 is 0 Å². The monoisotopic (exact) mass is 339 g/mol. The third-order valence-corrected chi connectivity index (χ3v) is 2.85. The molecule has 1 aromatic rings. The maximum absolute atomic E-state index is 8.57. The molecule has 0 atom stereocenters. The van der Waals surface area contributed by atoms with Crippen molar-refractivity contribution in [3.05, 3.63) is 22.7 Å². The molecular formula is C14H23Cl2NO4. The Morgan fingerprint density at radius 1 is 1.29 bits per heavy atom. The molecule has 0 saturated carbocycles. The van der Waals surface area contributed by atoms with Crippen LogP contribution in [0.2, 0.25) is 5.02 Å². The number of ether oxygens (including phenoxy) is 3. The van der Waals surface area contributed by atoms with Gasteiger partial charge >= 0.3 is 0 Å². The second-order valence-electron chi connectivity index (χ2n) is 4.05. The Morgan fingerprint density at radius 3 is 2.67 bits per heavy atom. The highest BCUT2D eigenvalue weighted by atomic mass is 35.5. The van der Waals surface area contributed by atoms with Gasteiger partial charge in [-0.25, -0.2) is 0 Å². The fourth-order valence-corrected chi connectivity index (χ4v) is 1.99. The van der Waals surface area contributed by atoms with E-state index in [9.17, 15) is 0 Å². The Morgan fingerprint density at radius 2 is 2.05 bits per heavy atom. The molecule has 0 aromatic heterocycles. The van der Waals surface area contributed by atoms with Crippen LogP contribution in [0.1, 0.15) is 12.5 Å². The Kier molecular flexibility index (Phi) is 11.5. The van der Waals surface area contributed by atoms with Gasteiger partial charge in [0.1, 0.15) is 0 Å². The van der Waals surface area contributed by atoms with E-state index in [0.717, 1.165) is 5.56 Å². The lowest BCUT2D eigenvalue weighted by Gasteiger charge is -2.13. The molecular weight excluding hydrogens is 317 g/mol. The topological polar surface area (TPSA) is 60.0 Å². The molecule has 5 nitrogen and oxygen atoms in total. The molecule has 0 spiro atoms. The van der Waals surface area contributed by atoms with E-state index in [1.807, 2.05) is 19.1 Å². The molecule has 0 aliphatic heterocycles. The Bertz CT molecular complexity index is 405. The third-order valence-electron chi connectivity index (χ3n) is 2.57. The van der Waals surface area contributed by atoms with Crippen LogP contribution in [0.4, 0.5) is 0 Å². The number of aliphatic hydroxyl groups excluding tert-OH is 1. The Hall–Kier alpha value is -0.720.